The number of hydrogen-bond donors (Lipinski definition) is 0. The van der Waals surface area contributed by atoms with Crippen LogP contribution in [0, 0.1) is 6.42 Å². The molecule has 13 heavy (non-hydrogen) atoms. The van der Waals surface area contributed by atoms with Crippen LogP contribution in [-0.2, 0) is 0 Å². The third kappa shape index (κ3) is 0.888. The Kier molecular flexibility index (Phi) is 1.25. The number of fused-ring (bicyclic) bond motifs is 3. The quantitative estimate of drug-likeness (QED) is 0.448. The van der Waals surface area contributed by atoms with E-state index in [1.165, 1.54) is 22.3 Å². The molecule has 1 aliphatic rings. The lowest BCUT2D eigenvalue weighted by Crippen LogP contribution is -1.74. The Hall–Kier alpha value is -1.69. The van der Waals surface area contributed by atoms with Gasteiger partial charge < -0.3 is 0 Å². The summed E-state index contributed by atoms with van der Waals surface area (Å²) in [6, 6.07) is 17.0. The van der Waals surface area contributed by atoms with Gasteiger partial charge in [-0.15, -0.1) is 0 Å². The molecule has 0 N–H and O–H groups in total. The zero-order valence-corrected chi connectivity index (χ0v) is 7.20. The maximum absolute atomic E-state index is 2.24. The van der Waals surface area contributed by atoms with Gasteiger partial charge in [0.1, 0.15) is 0 Å². The monoisotopic (exact) mass is 165 g/mol. The van der Waals surface area contributed by atoms with Crippen molar-refractivity contribution in [3.63, 3.8) is 0 Å². The molecule has 0 nitrogen and oxygen atoms in total. The SMILES string of the molecule is c1ccc2c(c1)[CH+]c1ccccc1-2. The van der Waals surface area contributed by atoms with Crippen LogP contribution in [0.1, 0.15) is 11.1 Å². The predicted molar refractivity (Wildman–Crippen MR) is 54.4 cm³/mol. The van der Waals surface area contributed by atoms with E-state index in [1.54, 1.807) is 0 Å². The molecule has 0 heterocycles. The van der Waals surface area contributed by atoms with Crippen LogP contribution in [-0.4, -0.2) is 0 Å². The Morgan fingerprint density at radius 3 is 1.62 bits per heavy atom. The van der Waals surface area contributed by atoms with Crippen LogP contribution in [0.15, 0.2) is 48.5 Å². The fraction of sp³-hybridized carbons (Fsp3) is 0. The normalized spacial score (nSPS) is 11.7. The van der Waals surface area contributed by atoms with Crippen molar-refractivity contribution in [3.05, 3.63) is 66.1 Å². The van der Waals surface area contributed by atoms with Gasteiger partial charge >= 0.3 is 0 Å². The van der Waals surface area contributed by atoms with E-state index in [4.69, 9.17) is 0 Å². The van der Waals surface area contributed by atoms with Crippen molar-refractivity contribution in [2.45, 2.75) is 0 Å². The molecule has 0 unspecified atom stereocenters. The van der Waals surface area contributed by atoms with E-state index in [-0.39, 0.29) is 0 Å². The van der Waals surface area contributed by atoms with E-state index in [2.05, 4.69) is 55.0 Å². The molecule has 2 aromatic rings. The van der Waals surface area contributed by atoms with Crippen LogP contribution in [0.4, 0.5) is 0 Å². The fourth-order valence-corrected chi connectivity index (χ4v) is 1.90. The molecule has 0 saturated carbocycles. The molecule has 0 aliphatic heterocycles. The first-order valence-corrected chi connectivity index (χ1v) is 4.48. The smallest absolute Gasteiger partial charge is 0.0452 e. The summed E-state index contributed by atoms with van der Waals surface area (Å²) in [6.45, 7) is 0. The Balaban J connectivity index is 2.32. The van der Waals surface area contributed by atoms with Gasteiger partial charge in [-0.05, 0) is 36.4 Å². The van der Waals surface area contributed by atoms with Gasteiger partial charge in [-0.3, -0.25) is 0 Å². The van der Waals surface area contributed by atoms with E-state index in [0.29, 0.717) is 0 Å². The van der Waals surface area contributed by atoms with Gasteiger partial charge in [-0.2, -0.15) is 0 Å². The molecule has 0 amide bonds. The average molecular weight is 165 g/mol. The van der Waals surface area contributed by atoms with Crippen molar-refractivity contribution >= 4 is 0 Å². The molecular formula is C13H9+. The number of rotatable bonds is 0. The van der Waals surface area contributed by atoms with E-state index in [9.17, 15) is 0 Å². The third-order valence-electron chi connectivity index (χ3n) is 2.52. The summed E-state index contributed by atoms with van der Waals surface area (Å²) in [6.07, 6.45) is 2.24. The first kappa shape index (κ1) is 6.79. The first-order chi connectivity index (χ1) is 6.45. The van der Waals surface area contributed by atoms with Crippen molar-refractivity contribution in [3.8, 4) is 11.1 Å². The van der Waals surface area contributed by atoms with Gasteiger partial charge in [0, 0.05) is 18.6 Å². The summed E-state index contributed by atoms with van der Waals surface area (Å²) < 4.78 is 0. The molecule has 0 heteroatoms. The second-order valence-corrected chi connectivity index (χ2v) is 3.32. The van der Waals surface area contributed by atoms with E-state index in [1.807, 2.05) is 0 Å². The van der Waals surface area contributed by atoms with E-state index < -0.39 is 0 Å². The molecule has 0 radical (unpaired) electrons. The second kappa shape index (κ2) is 2.40. The third-order valence-corrected chi connectivity index (χ3v) is 2.52. The highest BCUT2D eigenvalue weighted by Crippen LogP contribution is 2.36. The predicted octanol–water partition coefficient (Wildman–Crippen LogP) is 3.27. The minimum atomic E-state index is 1.34. The molecule has 1 aliphatic carbocycles. The summed E-state index contributed by atoms with van der Waals surface area (Å²) in [4.78, 5) is 0. The van der Waals surface area contributed by atoms with Gasteiger partial charge in [0.2, 0.25) is 0 Å². The largest absolute Gasteiger partial charge is 0.0885 e. The lowest BCUT2D eigenvalue weighted by atomic mass is 10.1. The molecule has 0 bridgehead atoms. The summed E-state index contributed by atoms with van der Waals surface area (Å²) in [5, 5.41) is 0. The molecule has 3 rings (SSSR count). The Labute approximate surface area is 77.8 Å². The molecule has 0 saturated heterocycles. The summed E-state index contributed by atoms with van der Waals surface area (Å²) >= 11 is 0. The summed E-state index contributed by atoms with van der Waals surface area (Å²) in [7, 11) is 0. The fourth-order valence-electron chi connectivity index (χ4n) is 1.90. The second-order valence-electron chi connectivity index (χ2n) is 3.32. The lowest BCUT2D eigenvalue weighted by Gasteiger charge is -1.89. The van der Waals surface area contributed by atoms with Crippen LogP contribution < -0.4 is 0 Å². The van der Waals surface area contributed by atoms with Gasteiger partial charge in [-0.1, -0.05) is 0 Å². The average Bonchev–Trinajstić information content (AvgIpc) is 2.56. The van der Waals surface area contributed by atoms with Crippen LogP contribution in [0.3, 0.4) is 0 Å². The highest BCUT2D eigenvalue weighted by atomic mass is 14.2. The maximum Gasteiger partial charge on any atom is 0.0885 e. The summed E-state index contributed by atoms with van der Waals surface area (Å²) in [5.41, 5.74) is 5.39. The first-order valence-electron chi connectivity index (χ1n) is 4.48. The highest BCUT2D eigenvalue weighted by Gasteiger charge is 2.24. The van der Waals surface area contributed by atoms with Gasteiger partial charge in [0.15, 0.2) is 0 Å². The minimum absolute atomic E-state index is 1.34. The molecule has 2 aromatic carbocycles. The van der Waals surface area contributed by atoms with Gasteiger partial charge in [0.05, 0.1) is 22.3 Å². The topological polar surface area (TPSA) is 0 Å². The van der Waals surface area contributed by atoms with Crippen molar-refractivity contribution in [1.29, 1.82) is 0 Å². The van der Waals surface area contributed by atoms with Gasteiger partial charge in [-0.25, -0.2) is 0 Å². The van der Waals surface area contributed by atoms with E-state index >= 15 is 0 Å². The van der Waals surface area contributed by atoms with Crippen molar-refractivity contribution in [2.24, 2.45) is 0 Å². The Morgan fingerprint density at radius 1 is 0.615 bits per heavy atom. The zero-order chi connectivity index (χ0) is 8.67. The standard InChI is InChI=1S/C13H9/c1-3-7-12-10(5-1)9-11-6-2-4-8-13(11)12/h1-9H/q+1. The molecule has 0 spiro atoms. The molecule has 0 aromatic heterocycles. The highest BCUT2D eigenvalue weighted by molar-refractivity contribution is 5.80. The summed E-state index contributed by atoms with van der Waals surface area (Å²) in [5.74, 6) is 0. The van der Waals surface area contributed by atoms with Crippen LogP contribution in [0.25, 0.3) is 11.1 Å². The number of hydrogen-bond acceptors (Lipinski definition) is 0. The van der Waals surface area contributed by atoms with Crippen LogP contribution in [0.5, 0.6) is 0 Å². The van der Waals surface area contributed by atoms with Crippen molar-refractivity contribution in [1.82, 2.24) is 0 Å². The van der Waals surface area contributed by atoms with Gasteiger partial charge in [0.25, 0.3) is 0 Å². The lowest BCUT2D eigenvalue weighted by molar-refractivity contribution is 1.54. The molecule has 0 fully saturated rings. The Bertz CT molecular complexity index is 412. The minimum Gasteiger partial charge on any atom is -0.0452 e. The maximum atomic E-state index is 2.24. The van der Waals surface area contributed by atoms with Crippen molar-refractivity contribution in [2.75, 3.05) is 0 Å². The van der Waals surface area contributed by atoms with Crippen LogP contribution in [0.2, 0.25) is 0 Å². The molecule has 0 atom stereocenters. The number of benzene rings is 2. The molecule has 60 valence electrons. The van der Waals surface area contributed by atoms with Crippen LogP contribution >= 0.6 is 0 Å². The Morgan fingerprint density at radius 2 is 1.08 bits per heavy atom. The van der Waals surface area contributed by atoms with E-state index in [0.717, 1.165) is 0 Å². The molecular weight excluding hydrogens is 156 g/mol. The van der Waals surface area contributed by atoms with Crippen molar-refractivity contribution < 1.29 is 0 Å². The zero-order valence-electron chi connectivity index (χ0n) is 7.20.